The molecular formula is C15H10F2O4. The first-order valence-electron chi connectivity index (χ1n) is 5.89. The summed E-state index contributed by atoms with van der Waals surface area (Å²) in [4.78, 5) is 22.1. The number of carbonyl (C=O) groups is 2. The normalized spacial score (nSPS) is 10.2. The molecule has 2 aromatic rings. The maximum absolute atomic E-state index is 13.8. The van der Waals surface area contributed by atoms with Gasteiger partial charge in [0.1, 0.15) is 17.1 Å². The van der Waals surface area contributed by atoms with E-state index in [1.165, 1.54) is 19.1 Å². The van der Waals surface area contributed by atoms with Crippen molar-refractivity contribution in [1.82, 2.24) is 0 Å². The van der Waals surface area contributed by atoms with Gasteiger partial charge in [-0.1, -0.05) is 0 Å². The molecule has 0 unspecified atom stereocenters. The number of carbonyl (C=O) groups excluding carboxylic acids is 1. The fourth-order valence-electron chi connectivity index (χ4n) is 1.68. The summed E-state index contributed by atoms with van der Waals surface area (Å²) in [7, 11) is 0. The van der Waals surface area contributed by atoms with Crippen molar-refractivity contribution in [2.45, 2.75) is 6.92 Å². The summed E-state index contributed by atoms with van der Waals surface area (Å²) in [5.74, 6) is -3.83. The molecule has 0 heterocycles. The monoisotopic (exact) mass is 292 g/mol. The van der Waals surface area contributed by atoms with Crippen LogP contribution in [-0.2, 0) is 0 Å². The molecule has 0 aliphatic carbocycles. The number of ether oxygens (including phenoxy) is 1. The minimum atomic E-state index is -1.33. The summed E-state index contributed by atoms with van der Waals surface area (Å²) < 4.78 is 32.1. The number of carboxylic acids is 1. The van der Waals surface area contributed by atoms with E-state index in [1.54, 1.807) is 0 Å². The Bertz CT molecular complexity index is 726. The minimum Gasteiger partial charge on any atom is -0.478 e. The van der Waals surface area contributed by atoms with E-state index < -0.39 is 17.6 Å². The zero-order chi connectivity index (χ0) is 15.6. The molecule has 0 fully saturated rings. The molecule has 108 valence electrons. The van der Waals surface area contributed by atoms with Crippen molar-refractivity contribution >= 4 is 11.8 Å². The molecule has 2 aromatic carbocycles. The van der Waals surface area contributed by atoms with Crippen LogP contribution in [0.15, 0.2) is 36.4 Å². The van der Waals surface area contributed by atoms with Crippen molar-refractivity contribution in [1.29, 1.82) is 0 Å². The van der Waals surface area contributed by atoms with Gasteiger partial charge in [0.15, 0.2) is 17.3 Å². The fourth-order valence-corrected chi connectivity index (χ4v) is 1.68. The summed E-state index contributed by atoms with van der Waals surface area (Å²) >= 11 is 0. The predicted octanol–water partition coefficient (Wildman–Crippen LogP) is 3.66. The molecule has 4 nitrogen and oxygen atoms in total. The van der Waals surface area contributed by atoms with Crippen molar-refractivity contribution in [3.63, 3.8) is 0 Å². The van der Waals surface area contributed by atoms with Gasteiger partial charge in [0.25, 0.3) is 0 Å². The molecule has 0 radical (unpaired) electrons. The van der Waals surface area contributed by atoms with Crippen LogP contribution < -0.4 is 4.74 Å². The van der Waals surface area contributed by atoms with Gasteiger partial charge in [-0.05, 0) is 37.3 Å². The molecule has 0 bridgehead atoms. The van der Waals surface area contributed by atoms with E-state index in [9.17, 15) is 18.4 Å². The second-order valence-electron chi connectivity index (χ2n) is 4.25. The van der Waals surface area contributed by atoms with Crippen molar-refractivity contribution in [2.75, 3.05) is 0 Å². The van der Waals surface area contributed by atoms with Crippen LogP contribution in [0.3, 0.4) is 0 Å². The molecule has 0 aliphatic heterocycles. The Labute approximate surface area is 118 Å². The predicted molar refractivity (Wildman–Crippen MR) is 69.8 cm³/mol. The van der Waals surface area contributed by atoms with E-state index >= 15 is 0 Å². The van der Waals surface area contributed by atoms with Crippen LogP contribution in [0.5, 0.6) is 11.5 Å². The highest BCUT2D eigenvalue weighted by molar-refractivity contribution is 5.94. The molecule has 2 rings (SSSR count). The average Bonchev–Trinajstić information content (AvgIpc) is 2.40. The van der Waals surface area contributed by atoms with Crippen LogP contribution in [0.25, 0.3) is 0 Å². The average molecular weight is 292 g/mol. The van der Waals surface area contributed by atoms with Gasteiger partial charge in [0.2, 0.25) is 0 Å². The maximum atomic E-state index is 13.8. The van der Waals surface area contributed by atoms with Gasteiger partial charge in [0.05, 0.1) is 0 Å². The van der Waals surface area contributed by atoms with E-state index in [0.717, 1.165) is 24.3 Å². The minimum absolute atomic E-state index is 0.151. The Hall–Kier alpha value is -2.76. The fraction of sp³-hybridized carbons (Fsp3) is 0.0667. The molecule has 0 spiro atoms. The van der Waals surface area contributed by atoms with Gasteiger partial charge < -0.3 is 9.84 Å². The number of aromatic carboxylic acids is 1. The lowest BCUT2D eigenvalue weighted by atomic mass is 10.1. The number of rotatable bonds is 4. The van der Waals surface area contributed by atoms with Gasteiger partial charge in [-0.25, -0.2) is 13.6 Å². The van der Waals surface area contributed by atoms with Crippen LogP contribution in [0.4, 0.5) is 8.78 Å². The number of ketones is 1. The second kappa shape index (κ2) is 5.70. The molecule has 1 N–H and O–H groups in total. The van der Waals surface area contributed by atoms with Crippen LogP contribution >= 0.6 is 0 Å². The third-order valence-corrected chi connectivity index (χ3v) is 2.73. The van der Waals surface area contributed by atoms with E-state index in [4.69, 9.17) is 9.84 Å². The number of carboxylic acid groups (broad SMARTS) is 1. The van der Waals surface area contributed by atoms with Gasteiger partial charge in [-0.15, -0.1) is 0 Å². The Morgan fingerprint density at radius 1 is 1.05 bits per heavy atom. The maximum Gasteiger partial charge on any atom is 0.339 e. The summed E-state index contributed by atoms with van der Waals surface area (Å²) in [5.41, 5.74) is -0.149. The standard InChI is InChI=1S/C15H10F2O4/c1-8(18)9-2-5-13(12(17)6-9)21-14-7-10(16)3-4-11(14)15(19)20/h2-7H,1H3,(H,19,20). The lowest BCUT2D eigenvalue weighted by molar-refractivity contribution is 0.0693. The van der Waals surface area contributed by atoms with E-state index in [1.807, 2.05) is 0 Å². The molecule has 0 amide bonds. The molecule has 0 saturated heterocycles. The van der Waals surface area contributed by atoms with Gasteiger partial charge in [0, 0.05) is 11.6 Å². The Balaban J connectivity index is 2.40. The van der Waals surface area contributed by atoms with E-state index in [2.05, 4.69) is 0 Å². The number of Topliss-reactive ketones (excluding diaryl/α,β-unsaturated/α-hetero) is 1. The zero-order valence-electron chi connectivity index (χ0n) is 10.9. The summed E-state index contributed by atoms with van der Waals surface area (Å²) in [5, 5.41) is 8.98. The van der Waals surface area contributed by atoms with Gasteiger partial charge in [-0.3, -0.25) is 4.79 Å². The third kappa shape index (κ3) is 3.22. The van der Waals surface area contributed by atoms with Gasteiger partial charge >= 0.3 is 5.97 Å². The largest absolute Gasteiger partial charge is 0.478 e. The third-order valence-electron chi connectivity index (χ3n) is 2.73. The molecule has 0 aliphatic rings. The number of benzene rings is 2. The number of halogens is 2. The Morgan fingerprint density at radius 3 is 2.33 bits per heavy atom. The summed E-state index contributed by atoms with van der Waals surface area (Å²) in [6, 6.07) is 6.32. The molecule has 0 aromatic heterocycles. The van der Waals surface area contributed by atoms with Crippen LogP contribution in [0.2, 0.25) is 0 Å². The van der Waals surface area contributed by atoms with E-state index in [0.29, 0.717) is 0 Å². The number of hydrogen-bond acceptors (Lipinski definition) is 3. The molecular weight excluding hydrogens is 282 g/mol. The highest BCUT2D eigenvalue weighted by Gasteiger charge is 2.15. The van der Waals surface area contributed by atoms with Crippen molar-refractivity contribution in [2.24, 2.45) is 0 Å². The molecule has 0 atom stereocenters. The molecule has 6 heteroatoms. The first-order chi connectivity index (χ1) is 9.88. The zero-order valence-corrected chi connectivity index (χ0v) is 10.9. The molecule has 0 saturated carbocycles. The quantitative estimate of drug-likeness (QED) is 0.873. The SMILES string of the molecule is CC(=O)c1ccc(Oc2cc(F)ccc2C(=O)O)c(F)c1. The lowest BCUT2D eigenvalue weighted by Gasteiger charge is -2.10. The topological polar surface area (TPSA) is 63.6 Å². The van der Waals surface area contributed by atoms with Crippen LogP contribution in [0.1, 0.15) is 27.6 Å². The van der Waals surface area contributed by atoms with Crippen molar-refractivity contribution in [3.8, 4) is 11.5 Å². The second-order valence-corrected chi connectivity index (χ2v) is 4.25. The first-order valence-corrected chi connectivity index (χ1v) is 5.89. The van der Waals surface area contributed by atoms with Gasteiger partial charge in [-0.2, -0.15) is 0 Å². The highest BCUT2D eigenvalue weighted by Crippen LogP contribution is 2.29. The first kappa shape index (κ1) is 14.6. The Kier molecular flexibility index (Phi) is 3.98. The van der Waals surface area contributed by atoms with Crippen LogP contribution in [-0.4, -0.2) is 16.9 Å². The van der Waals surface area contributed by atoms with Crippen LogP contribution in [0, 0.1) is 11.6 Å². The summed E-state index contributed by atoms with van der Waals surface area (Å²) in [6.45, 7) is 1.28. The van der Waals surface area contributed by atoms with E-state index in [-0.39, 0.29) is 28.4 Å². The lowest BCUT2D eigenvalue weighted by Crippen LogP contribution is -2.02. The molecule has 21 heavy (non-hydrogen) atoms. The highest BCUT2D eigenvalue weighted by atomic mass is 19.1. The summed E-state index contributed by atoms with van der Waals surface area (Å²) in [6.07, 6.45) is 0. The van der Waals surface area contributed by atoms with Crippen molar-refractivity contribution in [3.05, 3.63) is 59.2 Å². The Morgan fingerprint density at radius 2 is 1.76 bits per heavy atom. The van der Waals surface area contributed by atoms with Crippen molar-refractivity contribution < 1.29 is 28.2 Å². The number of hydrogen-bond donors (Lipinski definition) is 1. The smallest absolute Gasteiger partial charge is 0.339 e.